The van der Waals surface area contributed by atoms with Crippen LogP contribution < -0.4 is 0 Å². The molecular weight excluding hydrogens is 967 g/mol. The van der Waals surface area contributed by atoms with Crippen LogP contribution in [0.3, 0.4) is 0 Å². The van der Waals surface area contributed by atoms with Gasteiger partial charge in [-0.2, -0.15) is 0 Å². The summed E-state index contributed by atoms with van der Waals surface area (Å²) < 4.78 is 9.84. The molecule has 0 aromatic heterocycles. The molecule has 0 atom stereocenters. The van der Waals surface area contributed by atoms with Crippen molar-refractivity contribution in [2.24, 2.45) is 0 Å². The van der Waals surface area contributed by atoms with Crippen LogP contribution in [0.4, 0.5) is 0 Å². The summed E-state index contributed by atoms with van der Waals surface area (Å²) in [5.74, 6) is -3.42. The van der Waals surface area contributed by atoms with Gasteiger partial charge in [-0.05, 0) is 12.8 Å². The number of carbonyl (C=O) groups is 4. The number of ether oxygens (including phenoxy) is 2. The van der Waals surface area contributed by atoms with Crippen molar-refractivity contribution in [2.45, 2.75) is 324 Å². The zero-order valence-electron chi connectivity index (χ0n) is 46.7. The maximum absolute atomic E-state index is 11.1. The van der Waals surface area contributed by atoms with Gasteiger partial charge in [-0.1, -0.05) is 311 Å². The predicted molar refractivity (Wildman–Crippen MR) is 298 cm³/mol. The van der Waals surface area contributed by atoms with E-state index in [9.17, 15) is 19.2 Å². The molecule has 0 heterocycles. The van der Waals surface area contributed by atoms with Crippen molar-refractivity contribution >= 4 is 47.8 Å². The normalized spacial score (nSPS) is 10.6. The van der Waals surface area contributed by atoms with E-state index in [2.05, 4.69) is 41.5 Å². The summed E-state index contributed by atoms with van der Waals surface area (Å²) in [5, 5.41) is 16.8. The van der Waals surface area contributed by atoms with E-state index < -0.39 is 23.9 Å². The number of unbranched alkanes of at least 4 members (excludes halogenated alkanes) is 40. The molecule has 0 aliphatic rings. The van der Waals surface area contributed by atoms with Gasteiger partial charge >= 0.3 is 23.9 Å². The maximum atomic E-state index is 11.1. The van der Waals surface area contributed by atoms with E-state index in [0.29, 0.717) is 13.2 Å². The van der Waals surface area contributed by atoms with Crippen molar-refractivity contribution in [1.82, 2.24) is 0 Å². The fraction of sp³-hybridized carbons (Fsp3) is 0.867. The van der Waals surface area contributed by atoms with Gasteiger partial charge in [-0.3, -0.25) is 0 Å². The Labute approximate surface area is 445 Å². The molecule has 0 saturated carbocycles. The summed E-state index contributed by atoms with van der Waals surface area (Å²) in [6.45, 7) is 14.3. The summed E-state index contributed by atoms with van der Waals surface area (Å²) in [6, 6.07) is 0. The largest absolute Gasteiger partial charge is 0.478 e. The molecule has 69 heavy (non-hydrogen) atoms. The molecule has 0 fully saturated rings. The number of rotatable bonds is 48. The molecule has 408 valence electrons. The van der Waals surface area contributed by atoms with Crippen LogP contribution in [-0.4, -0.2) is 71.2 Å². The molecule has 0 bridgehead atoms. The Morgan fingerprint density at radius 1 is 0.261 bits per heavy atom. The number of aliphatic carboxylic acids is 2. The number of hydrogen-bond donors (Lipinski definition) is 2. The fourth-order valence-electron chi connectivity index (χ4n) is 7.73. The van der Waals surface area contributed by atoms with Gasteiger partial charge in [0.25, 0.3) is 0 Å². The average molecular weight is 1080 g/mol. The third-order valence-electron chi connectivity index (χ3n) is 12.1. The van der Waals surface area contributed by atoms with Crippen molar-refractivity contribution in [3.05, 3.63) is 24.3 Å². The van der Waals surface area contributed by atoms with Crippen molar-refractivity contribution < 1.29 is 38.9 Å². The number of carboxylic acids is 2. The van der Waals surface area contributed by atoms with E-state index in [0.717, 1.165) is 50.0 Å². The molecular formula is C60H116O8Sn. The second kappa shape index (κ2) is 72.7. The zero-order valence-corrected chi connectivity index (χ0v) is 49.5. The Balaban J connectivity index is -0.000000297. The Kier molecular flexibility index (Phi) is 80.2. The van der Waals surface area contributed by atoms with Gasteiger partial charge in [0.05, 0.1) is 13.2 Å². The Bertz CT molecular complexity index is 968. The van der Waals surface area contributed by atoms with Crippen LogP contribution >= 0.6 is 0 Å². The van der Waals surface area contributed by atoms with Crippen molar-refractivity contribution in [1.29, 1.82) is 0 Å². The summed E-state index contributed by atoms with van der Waals surface area (Å²) in [4.78, 5) is 42.8. The standard InChI is InChI=1S/2C22H40O4.2C8H18.Sn/c2*1-2-3-4-5-6-7-8-9-10-11-12-13-14-15-16-17-20-26-22(25)19-18-21(23)24;2*1-3-5-7-8-6-4-2;/h2*18-19H,2-17,20H2,1H3,(H,23,24);2*3-8H2,1-2H3;/b2*19-18-;;;. The smallest absolute Gasteiger partial charge is 0.331 e. The van der Waals surface area contributed by atoms with Crippen LogP contribution in [0.25, 0.3) is 0 Å². The number of carbonyl (C=O) groups excluding carboxylic acids is 2. The first kappa shape index (κ1) is 76.1. The van der Waals surface area contributed by atoms with Gasteiger partial charge in [0, 0.05) is 48.2 Å². The fourth-order valence-corrected chi connectivity index (χ4v) is 7.73. The monoisotopic (exact) mass is 1080 g/mol. The molecule has 0 aliphatic carbocycles. The first-order valence-corrected chi connectivity index (χ1v) is 29.3. The minimum Gasteiger partial charge on any atom is -0.478 e. The van der Waals surface area contributed by atoms with Crippen LogP contribution in [-0.2, 0) is 28.7 Å². The third-order valence-corrected chi connectivity index (χ3v) is 12.1. The molecule has 0 rings (SSSR count). The molecule has 8 nitrogen and oxygen atoms in total. The van der Waals surface area contributed by atoms with Gasteiger partial charge in [-0.15, -0.1) is 0 Å². The number of esters is 2. The Morgan fingerprint density at radius 3 is 0.551 bits per heavy atom. The molecule has 4 radical (unpaired) electrons. The van der Waals surface area contributed by atoms with Crippen LogP contribution in [0.1, 0.15) is 324 Å². The molecule has 9 heteroatoms. The van der Waals surface area contributed by atoms with E-state index >= 15 is 0 Å². The van der Waals surface area contributed by atoms with Gasteiger partial charge in [0.1, 0.15) is 0 Å². The van der Waals surface area contributed by atoms with Crippen LogP contribution in [0, 0.1) is 0 Å². The minimum absolute atomic E-state index is 0. The molecule has 0 aromatic rings. The molecule has 0 amide bonds. The van der Waals surface area contributed by atoms with E-state index in [-0.39, 0.29) is 23.9 Å². The summed E-state index contributed by atoms with van der Waals surface area (Å²) in [7, 11) is 0. The summed E-state index contributed by atoms with van der Waals surface area (Å²) in [5.41, 5.74) is 0. The number of carboxylic acid groups (broad SMARTS) is 2. The molecule has 0 saturated heterocycles. The third kappa shape index (κ3) is 86.4. The van der Waals surface area contributed by atoms with Crippen LogP contribution in [0.2, 0.25) is 0 Å². The first-order valence-electron chi connectivity index (χ1n) is 29.3. The minimum atomic E-state index is -1.13. The number of hydrogen-bond acceptors (Lipinski definition) is 6. The topological polar surface area (TPSA) is 127 Å². The van der Waals surface area contributed by atoms with E-state index in [1.165, 1.54) is 257 Å². The van der Waals surface area contributed by atoms with Crippen molar-refractivity contribution in [3.63, 3.8) is 0 Å². The molecule has 0 spiro atoms. The van der Waals surface area contributed by atoms with Gasteiger partial charge in [0.2, 0.25) is 0 Å². The second-order valence-electron chi connectivity index (χ2n) is 19.1. The SMILES string of the molecule is CCCCCCCC.CCCCCCCC.CCCCCCCCCCCCCCCCCCOC(=O)/C=C\C(=O)O.CCCCCCCCCCCCCCCCCCOC(=O)/C=C\C(=O)O.[Sn]. The van der Waals surface area contributed by atoms with Gasteiger partial charge in [0.15, 0.2) is 0 Å². The molecule has 0 aromatic carbocycles. The van der Waals surface area contributed by atoms with E-state index in [1.807, 2.05) is 0 Å². The maximum Gasteiger partial charge on any atom is 0.331 e. The van der Waals surface area contributed by atoms with Crippen LogP contribution in [0.5, 0.6) is 0 Å². The summed E-state index contributed by atoms with van der Waals surface area (Å²) >= 11 is 0. The zero-order chi connectivity index (χ0) is 51.1. The van der Waals surface area contributed by atoms with Crippen molar-refractivity contribution in [3.8, 4) is 0 Å². The van der Waals surface area contributed by atoms with Crippen LogP contribution in [0.15, 0.2) is 24.3 Å². The molecule has 0 aliphatic heterocycles. The van der Waals surface area contributed by atoms with Gasteiger partial charge < -0.3 is 19.7 Å². The average Bonchev–Trinajstić information content (AvgIpc) is 3.33. The second-order valence-corrected chi connectivity index (χ2v) is 19.1. The predicted octanol–water partition coefficient (Wildman–Crippen LogP) is 19.2. The summed E-state index contributed by atoms with van der Waals surface area (Å²) in [6.07, 6.45) is 62.4. The Morgan fingerprint density at radius 2 is 0.406 bits per heavy atom. The van der Waals surface area contributed by atoms with Gasteiger partial charge in [-0.25, -0.2) is 19.2 Å². The van der Waals surface area contributed by atoms with E-state index in [1.54, 1.807) is 0 Å². The van der Waals surface area contributed by atoms with Crippen molar-refractivity contribution in [2.75, 3.05) is 13.2 Å². The quantitative estimate of drug-likeness (QED) is 0.0267. The first-order chi connectivity index (χ1) is 33.2. The molecule has 2 N–H and O–H groups in total. The Hall–Kier alpha value is -1.84. The van der Waals surface area contributed by atoms with E-state index in [4.69, 9.17) is 19.7 Å². The molecule has 0 unspecified atom stereocenters.